The van der Waals surface area contributed by atoms with Crippen molar-refractivity contribution in [2.24, 2.45) is 0 Å². The summed E-state index contributed by atoms with van der Waals surface area (Å²) in [7, 11) is 4.02. The van der Waals surface area contributed by atoms with E-state index in [1.54, 1.807) is 0 Å². The highest BCUT2D eigenvalue weighted by Crippen LogP contribution is 2.14. The van der Waals surface area contributed by atoms with Gasteiger partial charge in [-0.05, 0) is 52.2 Å². The zero-order valence-corrected chi connectivity index (χ0v) is 11.9. The van der Waals surface area contributed by atoms with Gasteiger partial charge in [-0.3, -0.25) is 4.79 Å². The van der Waals surface area contributed by atoms with Gasteiger partial charge in [0, 0.05) is 34.7 Å². The Hall–Kier alpha value is -1.81. The lowest BCUT2D eigenvalue weighted by Gasteiger charge is -2.32. The van der Waals surface area contributed by atoms with Gasteiger partial charge in [-0.1, -0.05) is 0 Å². The molecule has 2 N–H and O–H groups in total. The van der Waals surface area contributed by atoms with E-state index in [1.165, 1.54) is 0 Å². The van der Waals surface area contributed by atoms with Crippen LogP contribution in [0.5, 0.6) is 0 Å². The van der Waals surface area contributed by atoms with Crippen LogP contribution in [0.2, 0.25) is 0 Å². The second-order valence-electron chi connectivity index (χ2n) is 5.67. The fraction of sp³-hybridized carbons (Fsp3) is 0.400. The maximum atomic E-state index is 12.1. The Balaban J connectivity index is 2.07. The van der Waals surface area contributed by atoms with Gasteiger partial charge in [0.05, 0.1) is 0 Å². The van der Waals surface area contributed by atoms with Crippen LogP contribution in [0.3, 0.4) is 0 Å². The fourth-order valence-electron chi connectivity index (χ4n) is 1.75. The second kappa shape index (κ2) is 5.05. The summed E-state index contributed by atoms with van der Waals surface area (Å²) in [6.07, 6.45) is 1.88. The normalized spacial score (nSPS) is 12.1. The van der Waals surface area contributed by atoms with Crippen molar-refractivity contribution in [1.82, 2.24) is 15.2 Å². The maximum absolute atomic E-state index is 12.1. The van der Waals surface area contributed by atoms with Gasteiger partial charge >= 0.3 is 0 Å². The van der Waals surface area contributed by atoms with Gasteiger partial charge in [-0.25, -0.2) is 0 Å². The van der Waals surface area contributed by atoms with Crippen molar-refractivity contribution in [1.29, 1.82) is 0 Å². The van der Waals surface area contributed by atoms with Crippen molar-refractivity contribution in [3.8, 4) is 0 Å². The molecule has 1 aromatic heterocycles. The number of aromatic nitrogens is 1. The van der Waals surface area contributed by atoms with E-state index in [1.807, 2.05) is 44.6 Å². The minimum Gasteiger partial charge on any atom is -0.361 e. The molecule has 2 aromatic rings. The highest BCUT2D eigenvalue weighted by Gasteiger charge is 2.21. The van der Waals surface area contributed by atoms with Crippen LogP contribution in [0.25, 0.3) is 10.9 Å². The SMILES string of the molecule is CN(C)C(C)(C)CNC(=O)c1ccc2[nH]ccc2c1. The van der Waals surface area contributed by atoms with E-state index in [0.717, 1.165) is 10.9 Å². The zero-order chi connectivity index (χ0) is 14.0. The molecule has 1 heterocycles. The third-order valence-electron chi connectivity index (χ3n) is 3.71. The molecule has 0 unspecified atom stereocenters. The quantitative estimate of drug-likeness (QED) is 0.884. The molecule has 19 heavy (non-hydrogen) atoms. The Bertz CT molecular complexity index is 584. The van der Waals surface area contributed by atoms with Crippen LogP contribution in [0.4, 0.5) is 0 Å². The van der Waals surface area contributed by atoms with Crippen LogP contribution in [0.15, 0.2) is 30.5 Å². The summed E-state index contributed by atoms with van der Waals surface area (Å²) in [5, 5.41) is 4.04. The number of rotatable bonds is 4. The van der Waals surface area contributed by atoms with Gasteiger partial charge in [-0.2, -0.15) is 0 Å². The second-order valence-corrected chi connectivity index (χ2v) is 5.67. The van der Waals surface area contributed by atoms with Crippen molar-refractivity contribution in [3.63, 3.8) is 0 Å². The van der Waals surface area contributed by atoms with E-state index in [4.69, 9.17) is 0 Å². The van der Waals surface area contributed by atoms with Crippen LogP contribution in [0.1, 0.15) is 24.2 Å². The molecule has 0 saturated carbocycles. The number of H-pyrrole nitrogens is 1. The molecule has 4 nitrogen and oxygen atoms in total. The molecule has 2 rings (SSSR count). The average molecular weight is 259 g/mol. The molecule has 0 spiro atoms. The summed E-state index contributed by atoms with van der Waals surface area (Å²) in [5.41, 5.74) is 1.68. The van der Waals surface area contributed by atoms with E-state index in [9.17, 15) is 4.79 Å². The predicted octanol–water partition coefficient (Wildman–Crippen LogP) is 2.24. The Morgan fingerprint density at radius 1 is 1.32 bits per heavy atom. The minimum absolute atomic E-state index is 0.0296. The third kappa shape index (κ3) is 2.96. The van der Waals surface area contributed by atoms with Gasteiger partial charge in [0.2, 0.25) is 0 Å². The van der Waals surface area contributed by atoms with Crippen LogP contribution in [0, 0.1) is 0 Å². The van der Waals surface area contributed by atoms with Crippen molar-refractivity contribution in [2.75, 3.05) is 20.6 Å². The van der Waals surface area contributed by atoms with Gasteiger partial charge in [-0.15, -0.1) is 0 Å². The first-order chi connectivity index (χ1) is 8.90. The molecule has 0 atom stereocenters. The Kier molecular flexibility index (Phi) is 3.62. The summed E-state index contributed by atoms with van der Waals surface area (Å²) in [6, 6.07) is 7.65. The van der Waals surface area contributed by atoms with E-state index in [2.05, 4.69) is 29.0 Å². The molecule has 0 aliphatic carbocycles. The largest absolute Gasteiger partial charge is 0.361 e. The standard InChI is InChI=1S/C15H21N3O/c1-15(2,18(3)4)10-17-14(19)12-5-6-13-11(9-12)7-8-16-13/h5-9,16H,10H2,1-4H3,(H,17,19). The van der Waals surface area contributed by atoms with Gasteiger partial charge in [0.15, 0.2) is 0 Å². The van der Waals surface area contributed by atoms with E-state index < -0.39 is 0 Å². The number of benzene rings is 1. The number of hydrogen-bond acceptors (Lipinski definition) is 2. The summed E-state index contributed by atoms with van der Waals surface area (Å²) < 4.78 is 0. The number of nitrogens with zero attached hydrogens (tertiary/aromatic N) is 1. The smallest absolute Gasteiger partial charge is 0.251 e. The van der Waals surface area contributed by atoms with Crippen LogP contribution in [-0.4, -0.2) is 42.0 Å². The lowest BCUT2D eigenvalue weighted by atomic mass is 10.0. The fourth-order valence-corrected chi connectivity index (χ4v) is 1.75. The molecule has 0 aliphatic heterocycles. The van der Waals surface area contributed by atoms with Crippen LogP contribution in [-0.2, 0) is 0 Å². The monoisotopic (exact) mass is 259 g/mol. The highest BCUT2D eigenvalue weighted by molar-refractivity contribution is 5.98. The summed E-state index contributed by atoms with van der Waals surface area (Å²) in [6.45, 7) is 4.81. The number of likely N-dealkylation sites (N-methyl/N-ethyl adjacent to an activating group) is 1. The Morgan fingerprint density at radius 2 is 2.05 bits per heavy atom. The van der Waals surface area contributed by atoms with E-state index >= 15 is 0 Å². The number of carbonyl (C=O) groups excluding carboxylic acids is 1. The molecule has 0 fully saturated rings. The average Bonchev–Trinajstić information content (AvgIpc) is 2.82. The molecule has 102 valence electrons. The Morgan fingerprint density at radius 3 is 2.74 bits per heavy atom. The van der Waals surface area contributed by atoms with E-state index in [-0.39, 0.29) is 11.4 Å². The van der Waals surface area contributed by atoms with Crippen LogP contribution < -0.4 is 5.32 Å². The molecule has 1 amide bonds. The summed E-state index contributed by atoms with van der Waals surface area (Å²) in [4.78, 5) is 17.4. The van der Waals surface area contributed by atoms with Gasteiger partial charge < -0.3 is 15.2 Å². The summed E-state index contributed by atoms with van der Waals surface area (Å²) in [5.74, 6) is -0.0296. The number of aromatic amines is 1. The molecular formula is C15H21N3O. The topological polar surface area (TPSA) is 48.1 Å². The third-order valence-corrected chi connectivity index (χ3v) is 3.71. The molecule has 0 aliphatic rings. The number of fused-ring (bicyclic) bond motifs is 1. The first kappa shape index (κ1) is 13.6. The number of amides is 1. The molecule has 1 aromatic carbocycles. The number of hydrogen-bond donors (Lipinski definition) is 2. The first-order valence-electron chi connectivity index (χ1n) is 6.43. The number of carbonyl (C=O) groups is 1. The number of nitrogens with one attached hydrogen (secondary N) is 2. The van der Waals surface area contributed by atoms with E-state index in [0.29, 0.717) is 12.1 Å². The molecular weight excluding hydrogens is 238 g/mol. The van der Waals surface area contributed by atoms with Crippen molar-refractivity contribution < 1.29 is 4.79 Å². The first-order valence-corrected chi connectivity index (χ1v) is 6.43. The predicted molar refractivity (Wildman–Crippen MR) is 78.4 cm³/mol. The molecule has 0 radical (unpaired) electrons. The lowest BCUT2D eigenvalue weighted by Crippen LogP contribution is -2.48. The van der Waals surface area contributed by atoms with Crippen molar-refractivity contribution >= 4 is 16.8 Å². The lowest BCUT2D eigenvalue weighted by molar-refractivity contribution is 0.0920. The van der Waals surface area contributed by atoms with Crippen molar-refractivity contribution in [3.05, 3.63) is 36.0 Å². The molecule has 0 bridgehead atoms. The minimum atomic E-state index is -0.0617. The van der Waals surface area contributed by atoms with Crippen LogP contribution >= 0.6 is 0 Å². The zero-order valence-electron chi connectivity index (χ0n) is 11.9. The maximum Gasteiger partial charge on any atom is 0.251 e. The highest BCUT2D eigenvalue weighted by atomic mass is 16.1. The van der Waals surface area contributed by atoms with Gasteiger partial charge in [0.25, 0.3) is 5.91 Å². The summed E-state index contributed by atoms with van der Waals surface area (Å²) >= 11 is 0. The van der Waals surface area contributed by atoms with Gasteiger partial charge in [0.1, 0.15) is 0 Å². The molecule has 4 heteroatoms. The molecule has 0 saturated heterocycles. The van der Waals surface area contributed by atoms with Crippen molar-refractivity contribution in [2.45, 2.75) is 19.4 Å². The Labute approximate surface area is 113 Å².